The van der Waals surface area contributed by atoms with Crippen LogP contribution in [0.2, 0.25) is 0 Å². The van der Waals surface area contributed by atoms with E-state index < -0.39 is 6.16 Å². The lowest BCUT2D eigenvalue weighted by atomic mass is 9.90. The topological polar surface area (TPSA) is 96.5 Å². The molecule has 0 unspecified atom stereocenters. The van der Waals surface area contributed by atoms with Crippen LogP contribution in [0.4, 0.5) is 9.18 Å². The highest BCUT2D eigenvalue weighted by atomic mass is 19.1. The van der Waals surface area contributed by atoms with Crippen molar-refractivity contribution in [3.63, 3.8) is 0 Å². The van der Waals surface area contributed by atoms with E-state index in [1.54, 1.807) is 6.07 Å². The number of aromatic nitrogens is 3. The Balaban J connectivity index is 1.18. The van der Waals surface area contributed by atoms with Crippen LogP contribution in [0, 0.1) is 12.7 Å². The van der Waals surface area contributed by atoms with Gasteiger partial charge in [-0.3, -0.25) is 13.8 Å². The lowest BCUT2D eigenvalue weighted by Crippen LogP contribution is -2.55. The van der Waals surface area contributed by atoms with Crippen LogP contribution in [0.25, 0.3) is 11.0 Å². The molecular formula is C32H36FN4O5+. The van der Waals surface area contributed by atoms with Crippen LogP contribution in [0.3, 0.4) is 0 Å². The van der Waals surface area contributed by atoms with Crippen LogP contribution in [0.15, 0.2) is 57.8 Å². The number of hydrogen-bond donors (Lipinski definition) is 0. The number of piperidine rings is 1. The second kappa shape index (κ2) is 12.1. The Morgan fingerprint density at radius 2 is 1.93 bits per heavy atom. The summed E-state index contributed by atoms with van der Waals surface area (Å²) in [5, 5.41) is 5.11. The van der Waals surface area contributed by atoms with E-state index in [9.17, 15) is 14.0 Å². The molecule has 0 spiro atoms. The molecule has 0 radical (unpaired) electrons. The Labute approximate surface area is 243 Å². The van der Waals surface area contributed by atoms with Gasteiger partial charge in [0.05, 0.1) is 25.3 Å². The third-order valence-electron chi connectivity index (χ3n) is 8.82. The summed E-state index contributed by atoms with van der Waals surface area (Å²) in [6.45, 7) is 4.96. The number of benzene rings is 2. The molecule has 10 heteroatoms. The van der Waals surface area contributed by atoms with E-state index >= 15 is 0 Å². The number of aryl methyl sites for hydroxylation is 2. The van der Waals surface area contributed by atoms with E-state index in [1.807, 2.05) is 41.8 Å². The number of quaternary nitrogens is 1. The summed E-state index contributed by atoms with van der Waals surface area (Å²) in [5.41, 5.74) is 3.72. The van der Waals surface area contributed by atoms with Crippen LogP contribution in [-0.2, 0) is 35.5 Å². The summed E-state index contributed by atoms with van der Waals surface area (Å²) in [6.07, 6.45) is 4.26. The minimum Gasteiger partial charge on any atom is -0.429 e. The van der Waals surface area contributed by atoms with Crippen molar-refractivity contribution in [1.29, 1.82) is 0 Å². The molecule has 9 nitrogen and oxygen atoms in total. The molecule has 42 heavy (non-hydrogen) atoms. The summed E-state index contributed by atoms with van der Waals surface area (Å²) in [7, 11) is 0. The van der Waals surface area contributed by atoms with Crippen molar-refractivity contribution in [1.82, 2.24) is 14.7 Å². The number of nitrogens with zero attached hydrogens (tertiary/aromatic N) is 4. The summed E-state index contributed by atoms with van der Waals surface area (Å²) >= 11 is 0. The second-order valence-electron chi connectivity index (χ2n) is 11.5. The fourth-order valence-electron chi connectivity index (χ4n) is 6.35. The molecular weight excluding hydrogens is 539 g/mol. The van der Waals surface area contributed by atoms with Crippen LogP contribution < -0.4 is 5.56 Å². The van der Waals surface area contributed by atoms with Gasteiger partial charge < -0.3 is 14.0 Å². The van der Waals surface area contributed by atoms with E-state index in [1.165, 1.54) is 12.1 Å². The average Bonchev–Trinajstić information content (AvgIpc) is 3.43. The maximum Gasteiger partial charge on any atom is 0.512 e. The Morgan fingerprint density at radius 3 is 2.74 bits per heavy atom. The normalized spacial score (nSPS) is 20.3. The predicted molar refractivity (Wildman–Crippen MR) is 153 cm³/mol. The number of carbonyl (C=O) groups is 1. The van der Waals surface area contributed by atoms with Crippen LogP contribution in [-0.4, -0.2) is 51.7 Å². The van der Waals surface area contributed by atoms with Crippen molar-refractivity contribution < 1.29 is 27.7 Å². The van der Waals surface area contributed by atoms with Gasteiger partial charge in [0.15, 0.2) is 5.58 Å². The van der Waals surface area contributed by atoms with Crippen molar-refractivity contribution in [2.24, 2.45) is 0 Å². The third-order valence-corrected chi connectivity index (χ3v) is 8.82. The van der Waals surface area contributed by atoms with Gasteiger partial charge in [0.2, 0.25) is 6.73 Å². The minimum absolute atomic E-state index is 0.0507. The van der Waals surface area contributed by atoms with Gasteiger partial charge in [-0.15, -0.1) is 0 Å². The molecule has 4 aromatic rings. The Kier molecular flexibility index (Phi) is 8.06. The molecule has 1 saturated heterocycles. The fourth-order valence-corrected chi connectivity index (χ4v) is 6.35. The monoisotopic (exact) mass is 575 g/mol. The molecule has 6 rings (SSSR count). The van der Waals surface area contributed by atoms with Gasteiger partial charge in [0.25, 0.3) is 5.56 Å². The SMILES string of the molecule is Cc1nc2n(c(=O)c1CC[N+]1(COC(=O)OCc3ccccc3)CCC(c3noc4cc(F)ccc34)CC1)CCCC2. The Hall–Kier alpha value is -4.05. The zero-order valence-electron chi connectivity index (χ0n) is 23.9. The zero-order chi connectivity index (χ0) is 29.1. The number of carbonyl (C=O) groups excluding carboxylic acids is 1. The molecule has 2 aromatic carbocycles. The van der Waals surface area contributed by atoms with Gasteiger partial charge in [0.1, 0.15) is 18.2 Å². The van der Waals surface area contributed by atoms with E-state index in [0.29, 0.717) is 42.7 Å². The first-order valence-corrected chi connectivity index (χ1v) is 14.7. The lowest BCUT2D eigenvalue weighted by Gasteiger charge is -2.42. The van der Waals surface area contributed by atoms with Gasteiger partial charge in [-0.05, 0) is 37.5 Å². The Bertz CT molecular complexity index is 1630. The largest absolute Gasteiger partial charge is 0.512 e. The number of fused-ring (bicyclic) bond motifs is 2. The van der Waals surface area contributed by atoms with Crippen LogP contribution in [0.5, 0.6) is 0 Å². The molecule has 0 atom stereocenters. The maximum atomic E-state index is 13.7. The van der Waals surface area contributed by atoms with Gasteiger partial charge in [0, 0.05) is 60.9 Å². The number of ether oxygens (including phenoxy) is 2. The van der Waals surface area contributed by atoms with Gasteiger partial charge in [-0.25, -0.2) is 14.2 Å². The smallest absolute Gasteiger partial charge is 0.429 e. The number of rotatable bonds is 8. The summed E-state index contributed by atoms with van der Waals surface area (Å²) in [5.74, 6) is 0.649. The molecule has 0 amide bonds. The lowest BCUT2D eigenvalue weighted by molar-refractivity contribution is -0.948. The molecule has 2 aliphatic rings. The summed E-state index contributed by atoms with van der Waals surface area (Å²) in [6, 6.07) is 14.0. The van der Waals surface area contributed by atoms with Gasteiger partial charge >= 0.3 is 6.16 Å². The third kappa shape index (κ3) is 5.94. The molecule has 0 N–H and O–H groups in total. The highest BCUT2D eigenvalue weighted by Crippen LogP contribution is 2.35. The molecule has 1 fully saturated rings. The van der Waals surface area contributed by atoms with Crippen LogP contribution in [0.1, 0.15) is 59.9 Å². The van der Waals surface area contributed by atoms with E-state index in [4.69, 9.17) is 19.0 Å². The maximum absolute atomic E-state index is 13.7. The molecule has 0 saturated carbocycles. The van der Waals surface area contributed by atoms with E-state index in [0.717, 1.165) is 65.8 Å². The molecule has 220 valence electrons. The van der Waals surface area contributed by atoms with Crippen molar-refractivity contribution >= 4 is 17.1 Å². The quantitative estimate of drug-likeness (QED) is 0.205. The molecule has 0 bridgehead atoms. The van der Waals surface area contributed by atoms with Crippen molar-refractivity contribution in [2.45, 2.75) is 64.5 Å². The number of likely N-dealkylation sites (tertiary alicyclic amines) is 1. The number of hydrogen-bond acceptors (Lipinski definition) is 7. The van der Waals surface area contributed by atoms with Crippen molar-refractivity contribution in [3.8, 4) is 0 Å². The first kappa shape index (κ1) is 28.1. The first-order valence-electron chi connectivity index (χ1n) is 14.7. The zero-order valence-corrected chi connectivity index (χ0v) is 23.9. The molecule has 4 heterocycles. The molecule has 2 aromatic heterocycles. The van der Waals surface area contributed by atoms with Crippen LogP contribution >= 0.6 is 0 Å². The second-order valence-corrected chi connectivity index (χ2v) is 11.5. The van der Waals surface area contributed by atoms with E-state index in [2.05, 4.69) is 5.16 Å². The highest BCUT2D eigenvalue weighted by Gasteiger charge is 2.38. The Morgan fingerprint density at radius 1 is 1.12 bits per heavy atom. The standard InChI is InChI=1S/C32H36FN4O5/c1-22-26(31(38)36-15-6-5-9-29(36)34-22)14-18-37(21-41-32(39)40-20-23-7-3-2-4-8-23)16-12-24(13-17-37)30-27-11-10-25(33)19-28(27)42-35-30/h2-4,7-8,10-11,19,24H,5-6,9,12-18,20-21H2,1H3/q+1. The number of halogens is 1. The van der Waals surface area contributed by atoms with Crippen molar-refractivity contribution in [2.75, 3.05) is 26.4 Å². The van der Waals surface area contributed by atoms with E-state index in [-0.39, 0.29) is 30.6 Å². The summed E-state index contributed by atoms with van der Waals surface area (Å²) < 4.78 is 32.5. The molecule has 0 aliphatic carbocycles. The fraction of sp³-hybridized carbons (Fsp3) is 0.438. The minimum atomic E-state index is -0.713. The highest BCUT2D eigenvalue weighted by molar-refractivity contribution is 5.79. The predicted octanol–water partition coefficient (Wildman–Crippen LogP) is 5.42. The van der Waals surface area contributed by atoms with Gasteiger partial charge in [-0.1, -0.05) is 35.5 Å². The molecule has 2 aliphatic heterocycles. The first-order chi connectivity index (χ1) is 20.4. The van der Waals surface area contributed by atoms with Crippen molar-refractivity contribution in [3.05, 3.63) is 93.0 Å². The summed E-state index contributed by atoms with van der Waals surface area (Å²) in [4.78, 5) is 30.8. The average molecular weight is 576 g/mol. The van der Waals surface area contributed by atoms with Gasteiger partial charge in [-0.2, -0.15) is 0 Å².